The summed E-state index contributed by atoms with van der Waals surface area (Å²) in [5.41, 5.74) is 7.54. The molecule has 0 heterocycles. The van der Waals surface area contributed by atoms with Crippen molar-refractivity contribution in [3.05, 3.63) is 48.0 Å². The van der Waals surface area contributed by atoms with Crippen molar-refractivity contribution in [2.24, 2.45) is 5.73 Å². The SMILES string of the molecule is COc1cc(NC(=O)CC(N)c2ccccc2)cc(OC)c1OC.Cl. The van der Waals surface area contributed by atoms with E-state index >= 15 is 0 Å². The molecule has 0 saturated carbocycles. The number of nitrogens with two attached hydrogens (primary N) is 1. The first-order valence-corrected chi connectivity index (χ1v) is 7.49. The van der Waals surface area contributed by atoms with E-state index < -0.39 is 0 Å². The van der Waals surface area contributed by atoms with E-state index in [1.54, 1.807) is 12.1 Å². The molecule has 2 aromatic rings. The molecule has 1 atom stereocenters. The van der Waals surface area contributed by atoms with Crippen LogP contribution in [-0.2, 0) is 4.79 Å². The molecule has 0 spiro atoms. The van der Waals surface area contributed by atoms with E-state index in [0.717, 1.165) is 5.56 Å². The van der Waals surface area contributed by atoms with E-state index in [0.29, 0.717) is 22.9 Å². The minimum absolute atomic E-state index is 0. The average Bonchev–Trinajstić information content (AvgIpc) is 2.61. The summed E-state index contributed by atoms with van der Waals surface area (Å²) in [6.07, 6.45) is 0.167. The van der Waals surface area contributed by atoms with Gasteiger partial charge in [0.15, 0.2) is 11.5 Å². The normalized spacial score (nSPS) is 11.0. The van der Waals surface area contributed by atoms with Gasteiger partial charge in [-0.2, -0.15) is 0 Å². The molecule has 1 amide bonds. The maximum absolute atomic E-state index is 12.2. The van der Waals surface area contributed by atoms with E-state index in [1.807, 2.05) is 30.3 Å². The Morgan fingerprint density at radius 1 is 1.04 bits per heavy atom. The number of rotatable bonds is 7. The lowest BCUT2D eigenvalue weighted by atomic mass is 10.0. The van der Waals surface area contributed by atoms with E-state index in [2.05, 4.69) is 5.32 Å². The Morgan fingerprint density at radius 3 is 2.08 bits per heavy atom. The summed E-state index contributed by atoms with van der Waals surface area (Å²) in [7, 11) is 4.57. The highest BCUT2D eigenvalue weighted by Crippen LogP contribution is 2.40. The summed E-state index contributed by atoms with van der Waals surface area (Å²) in [5, 5.41) is 2.81. The molecule has 2 rings (SSSR count). The summed E-state index contributed by atoms with van der Waals surface area (Å²) < 4.78 is 15.8. The zero-order chi connectivity index (χ0) is 17.5. The molecule has 0 aliphatic rings. The van der Waals surface area contributed by atoms with Crippen molar-refractivity contribution in [1.29, 1.82) is 0 Å². The van der Waals surface area contributed by atoms with E-state index in [9.17, 15) is 4.79 Å². The van der Waals surface area contributed by atoms with Crippen molar-refractivity contribution < 1.29 is 19.0 Å². The number of hydrogen-bond donors (Lipinski definition) is 2. The molecule has 7 heteroatoms. The van der Waals surface area contributed by atoms with Gasteiger partial charge in [-0.05, 0) is 5.56 Å². The lowest BCUT2D eigenvalue weighted by Crippen LogP contribution is -2.20. The van der Waals surface area contributed by atoms with Crippen molar-refractivity contribution in [1.82, 2.24) is 0 Å². The number of halogens is 1. The lowest BCUT2D eigenvalue weighted by molar-refractivity contribution is -0.116. The second-order valence-corrected chi connectivity index (χ2v) is 5.18. The van der Waals surface area contributed by atoms with Gasteiger partial charge in [-0.25, -0.2) is 0 Å². The molecule has 136 valence electrons. The van der Waals surface area contributed by atoms with E-state index in [1.165, 1.54) is 21.3 Å². The highest BCUT2D eigenvalue weighted by molar-refractivity contribution is 5.92. The first-order valence-electron chi connectivity index (χ1n) is 7.49. The van der Waals surface area contributed by atoms with Gasteiger partial charge in [-0.1, -0.05) is 30.3 Å². The van der Waals surface area contributed by atoms with Crippen LogP contribution >= 0.6 is 12.4 Å². The predicted molar refractivity (Wildman–Crippen MR) is 100.0 cm³/mol. The number of hydrogen-bond acceptors (Lipinski definition) is 5. The smallest absolute Gasteiger partial charge is 0.226 e. The molecule has 25 heavy (non-hydrogen) atoms. The number of carbonyl (C=O) groups excluding carboxylic acids is 1. The van der Waals surface area contributed by atoms with Crippen LogP contribution < -0.4 is 25.3 Å². The summed E-state index contributed by atoms with van der Waals surface area (Å²) in [5.74, 6) is 1.22. The summed E-state index contributed by atoms with van der Waals surface area (Å²) in [6, 6.07) is 12.5. The summed E-state index contributed by atoms with van der Waals surface area (Å²) in [4.78, 5) is 12.2. The molecule has 6 nitrogen and oxygen atoms in total. The second-order valence-electron chi connectivity index (χ2n) is 5.18. The van der Waals surface area contributed by atoms with Crippen LogP contribution in [0.15, 0.2) is 42.5 Å². The minimum atomic E-state index is -0.367. The Kier molecular flexibility index (Phi) is 8.04. The van der Waals surface area contributed by atoms with Crippen LogP contribution in [0.25, 0.3) is 0 Å². The van der Waals surface area contributed by atoms with Gasteiger partial charge in [0.25, 0.3) is 0 Å². The predicted octanol–water partition coefficient (Wildman–Crippen LogP) is 3.16. The fourth-order valence-corrected chi connectivity index (χ4v) is 2.38. The average molecular weight is 367 g/mol. The van der Waals surface area contributed by atoms with E-state index in [4.69, 9.17) is 19.9 Å². The van der Waals surface area contributed by atoms with Crippen LogP contribution in [0.3, 0.4) is 0 Å². The van der Waals surface area contributed by atoms with Crippen LogP contribution in [0.5, 0.6) is 17.2 Å². The molecule has 3 N–H and O–H groups in total. The van der Waals surface area contributed by atoms with Crippen LogP contribution in [0.4, 0.5) is 5.69 Å². The van der Waals surface area contributed by atoms with E-state index in [-0.39, 0.29) is 30.8 Å². The second kappa shape index (κ2) is 9.76. The van der Waals surface area contributed by atoms with Gasteiger partial charge in [0.05, 0.1) is 21.3 Å². The zero-order valence-electron chi connectivity index (χ0n) is 14.4. The third-order valence-corrected chi connectivity index (χ3v) is 3.58. The number of benzene rings is 2. The third kappa shape index (κ3) is 5.27. The van der Waals surface area contributed by atoms with Gasteiger partial charge in [0.1, 0.15) is 0 Å². The maximum atomic E-state index is 12.2. The van der Waals surface area contributed by atoms with Gasteiger partial charge in [0.2, 0.25) is 11.7 Å². The monoisotopic (exact) mass is 366 g/mol. The van der Waals surface area contributed by atoms with Gasteiger partial charge in [-0.3, -0.25) is 4.79 Å². The Hall–Kier alpha value is -2.44. The molecule has 0 bridgehead atoms. The fraction of sp³-hybridized carbons (Fsp3) is 0.278. The largest absolute Gasteiger partial charge is 0.493 e. The van der Waals surface area contributed by atoms with Crippen LogP contribution in [0.1, 0.15) is 18.0 Å². The molecule has 0 aliphatic carbocycles. The molecule has 2 aromatic carbocycles. The highest BCUT2D eigenvalue weighted by atomic mass is 35.5. The lowest BCUT2D eigenvalue weighted by Gasteiger charge is -2.16. The number of nitrogens with one attached hydrogen (secondary N) is 1. The van der Waals surface area contributed by atoms with Crippen molar-refractivity contribution in [3.8, 4) is 17.2 Å². The van der Waals surface area contributed by atoms with Crippen molar-refractivity contribution >= 4 is 24.0 Å². The van der Waals surface area contributed by atoms with Crippen molar-refractivity contribution in [3.63, 3.8) is 0 Å². The zero-order valence-corrected chi connectivity index (χ0v) is 15.3. The van der Waals surface area contributed by atoms with Gasteiger partial charge >= 0.3 is 0 Å². The molecular weight excluding hydrogens is 344 g/mol. The van der Waals surface area contributed by atoms with Crippen molar-refractivity contribution in [2.75, 3.05) is 26.6 Å². The summed E-state index contributed by atoms with van der Waals surface area (Å²) >= 11 is 0. The molecule has 1 unspecified atom stereocenters. The maximum Gasteiger partial charge on any atom is 0.226 e. The van der Waals surface area contributed by atoms with Crippen LogP contribution in [0, 0.1) is 0 Å². The molecule has 0 radical (unpaired) electrons. The fourth-order valence-electron chi connectivity index (χ4n) is 2.38. The molecule has 0 aromatic heterocycles. The Morgan fingerprint density at radius 2 is 1.60 bits per heavy atom. The topological polar surface area (TPSA) is 82.8 Å². The summed E-state index contributed by atoms with van der Waals surface area (Å²) in [6.45, 7) is 0. The Labute approximate surface area is 153 Å². The number of anilines is 1. The third-order valence-electron chi connectivity index (χ3n) is 3.58. The molecule has 0 fully saturated rings. The van der Waals surface area contributed by atoms with Crippen LogP contribution in [-0.4, -0.2) is 27.2 Å². The molecule has 0 aliphatic heterocycles. The Balaban J connectivity index is 0.00000312. The first kappa shape index (κ1) is 20.6. The first-order chi connectivity index (χ1) is 11.6. The number of carbonyl (C=O) groups is 1. The highest BCUT2D eigenvalue weighted by Gasteiger charge is 2.16. The number of methoxy groups -OCH3 is 3. The van der Waals surface area contributed by atoms with Crippen molar-refractivity contribution in [2.45, 2.75) is 12.5 Å². The molecular formula is C18H23ClN2O4. The quantitative estimate of drug-likeness (QED) is 0.786. The molecule has 0 saturated heterocycles. The number of ether oxygens (including phenoxy) is 3. The Bertz CT molecular complexity index is 670. The standard InChI is InChI=1S/C18H22N2O4.ClH/c1-22-15-9-13(10-16(23-2)18(15)24-3)20-17(21)11-14(19)12-7-5-4-6-8-12;/h4-10,14H,11,19H2,1-3H3,(H,20,21);1H. The minimum Gasteiger partial charge on any atom is -0.493 e. The van der Waals surface area contributed by atoms with Crippen LogP contribution in [0.2, 0.25) is 0 Å². The van der Waals surface area contributed by atoms with Gasteiger partial charge in [-0.15, -0.1) is 12.4 Å². The van der Waals surface area contributed by atoms with Gasteiger partial charge in [0, 0.05) is 30.3 Å². The number of amides is 1. The van der Waals surface area contributed by atoms with Gasteiger partial charge < -0.3 is 25.3 Å².